The summed E-state index contributed by atoms with van der Waals surface area (Å²) in [7, 11) is 0. The third-order valence-electron chi connectivity index (χ3n) is 5.03. The number of thiophene rings is 1. The molecule has 2 saturated heterocycles. The van der Waals surface area contributed by atoms with Crippen LogP contribution in [0.1, 0.15) is 41.8 Å². The molecule has 0 bridgehead atoms. The second kappa shape index (κ2) is 5.13. The van der Waals surface area contributed by atoms with Crippen molar-refractivity contribution in [2.75, 3.05) is 13.1 Å². The van der Waals surface area contributed by atoms with Gasteiger partial charge in [-0.25, -0.2) is 0 Å². The molecule has 21 heavy (non-hydrogen) atoms. The highest BCUT2D eigenvalue weighted by atomic mass is 32.1. The summed E-state index contributed by atoms with van der Waals surface area (Å²) < 4.78 is 0. The Balaban J connectivity index is 1.52. The van der Waals surface area contributed by atoms with Crippen molar-refractivity contribution < 1.29 is 9.59 Å². The first kappa shape index (κ1) is 13.3. The third kappa shape index (κ3) is 2.37. The van der Waals surface area contributed by atoms with Crippen LogP contribution in [0.15, 0.2) is 17.5 Å². The molecule has 1 saturated carbocycles. The first-order valence-corrected chi connectivity index (χ1v) is 8.76. The van der Waals surface area contributed by atoms with Crippen molar-refractivity contribution in [1.82, 2.24) is 9.80 Å². The van der Waals surface area contributed by atoms with Gasteiger partial charge in [-0.05, 0) is 43.0 Å². The molecule has 0 unspecified atom stereocenters. The Labute approximate surface area is 128 Å². The van der Waals surface area contributed by atoms with Crippen molar-refractivity contribution in [3.63, 3.8) is 0 Å². The lowest BCUT2D eigenvalue weighted by molar-refractivity contribution is -0.137. The summed E-state index contributed by atoms with van der Waals surface area (Å²) in [4.78, 5) is 29.8. The van der Waals surface area contributed by atoms with Crippen LogP contribution < -0.4 is 0 Å². The standard InChI is InChI=1S/C16H20N2O2S/c19-15-6-5-12-13(18(15)10-11-3-4-11)7-8-17(12)16(20)14-2-1-9-21-14/h1-2,9,11-13H,3-8,10H2/t12-,13-/m1/s1. The predicted octanol–water partition coefficient (Wildman–Crippen LogP) is 2.36. The van der Waals surface area contributed by atoms with Crippen LogP contribution in [-0.2, 0) is 4.79 Å². The quantitative estimate of drug-likeness (QED) is 0.860. The first-order chi connectivity index (χ1) is 10.2. The third-order valence-corrected chi connectivity index (χ3v) is 5.89. The highest BCUT2D eigenvalue weighted by Gasteiger charge is 2.46. The number of carbonyl (C=O) groups is 2. The minimum absolute atomic E-state index is 0.151. The number of hydrogen-bond acceptors (Lipinski definition) is 3. The van der Waals surface area contributed by atoms with Crippen LogP contribution in [-0.4, -0.2) is 46.8 Å². The van der Waals surface area contributed by atoms with Gasteiger partial charge >= 0.3 is 0 Å². The normalized spacial score (nSPS) is 28.9. The zero-order valence-corrected chi connectivity index (χ0v) is 12.8. The van der Waals surface area contributed by atoms with E-state index in [2.05, 4.69) is 4.90 Å². The summed E-state index contributed by atoms with van der Waals surface area (Å²) in [5, 5.41) is 1.95. The van der Waals surface area contributed by atoms with Crippen LogP contribution in [0.3, 0.4) is 0 Å². The molecule has 1 aliphatic carbocycles. The van der Waals surface area contributed by atoms with Crippen LogP contribution in [0.2, 0.25) is 0 Å². The van der Waals surface area contributed by atoms with E-state index < -0.39 is 0 Å². The van der Waals surface area contributed by atoms with Gasteiger partial charge in [-0.15, -0.1) is 11.3 Å². The number of nitrogens with zero attached hydrogens (tertiary/aromatic N) is 2. The van der Waals surface area contributed by atoms with Gasteiger partial charge in [0.05, 0.1) is 17.0 Å². The van der Waals surface area contributed by atoms with Crippen molar-refractivity contribution in [2.24, 2.45) is 5.92 Å². The lowest BCUT2D eigenvalue weighted by Crippen LogP contribution is -2.53. The predicted molar refractivity (Wildman–Crippen MR) is 81.2 cm³/mol. The Hall–Kier alpha value is -1.36. The number of fused-ring (bicyclic) bond motifs is 1. The van der Waals surface area contributed by atoms with Crippen LogP contribution in [0.4, 0.5) is 0 Å². The molecule has 2 aliphatic heterocycles. The fourth-order valence-electron chi connectivity index (χ4n) is 3.76. The summed E-state index contributed by atoms with van der Waals surface area (Å²) in [5.74, 6) is 1.17. The summed E-state index contributed by atoms with van der Waals surface area (Å²) in [5.41, 5.74) is 0. The molecule has 3 fully saturated rings. The summed E-state index contributed by atoms with van der Waals surface area (Å²) in [6.45, 7) is 1.71. The Morgan fingerprint density at radius 3 is 2.81 bits per heavy atom. The molecule has 0 aromatic carbocycles. The molecular formula is C16H20N2O2S. The molecule has 1 aromatic heterocycles. The van der Waals surface area contributed by atoms with Crippen molar-refractivity contribution in [2.45, 2.75) is 44.2 Å². The zero-order chi connectivity index (χ0) is 14.4. The number of rotatable bonds is 3. The molecule has 1 aromatic rings. The van der Waals surface area contributed by atoms with E-state index in [1.165, 1.54) is 24.2 Å². The van der Waals surface area contributed by atoms with E-state index in [0.717, 1.165) is 36.7 Å². The zero-order valence-electron chi connectivity index (χ0n) is 12.0. The van der Waals surface area contributed by atoms with Crippen LogP contribution in [0, 0.1) is 5.92 Å². The van der Waals surface area contributed by atoms with Gasteiger partial charge in [0.1, 0.15) is 0 Å². The van der Waals surface area contributed by atoms with E-state index in [9.17, 15) is 9.59 Å². The molecule has 3 heterocycles. The summed E-state index contributed by atoms with van der Waals surface area (Å²) in [6, 6.07) is 4.32. The Morgan fingerprint density at radius 1 is 1.24 bits per heavy atom. The van der Waals surface area contributed by atoms with Crippen LogP contribution in [0.5, 0.6) is 0 Å². The van der Waals surface area contributed by atoms with E-state index in [1.807, 2.05) is 22.4 Å². The second-order valence-corrected chi connectivity index (χ2v) is 7.38. The van der Waals surface area contributed by atoms with Crippen molar-refractivity contribution >= 4 is 23.2 Å². The molecule has 5 heteroatoms. The molecule has 112 valence electrons. The highest BCUT2D eigenvalue weighted by molar-refractivity contribution is 7.12. The summed E-state index contributed by atoms with van der Waals surface area (Å²) in [6.07, 6.45) is 4.90. The number of piperidine rings is 1. The maximum absolute atomic E-state index is 12.6. The minimum atomic E-state index is 0.151. The molecule has 0 radical (unpaired) electrons. The lowest BCUT2D eigenvalue weighted by Gasteiger charge is -2.39. The average Bonchev–Trinajstić information content (AvgIpc) is 3.00. The Kier molecular flexibility index (Phi) is 3.25. The number of likely N-dealkylation sites (tertiary alicyclic amines) is 2. The van der Waals surface area contributed by atoms with Gasteiger partial charge in [-0.3, -0.25) is 9.59 Å². The van der Waals surface area contributed by atoms with Gasteiger partial charge in [0.25, 0.3) is 5.91 Å². The maximum Gasteiger partial charge on any atom is 0.264 e. The smallest absolute Gasteiger partial charge is 0.264 e. The van der Waals surface area contributed by atoms with E-state index in [-0.39, 0.29) is 18.0 Å². The van der Waals surface area contributed by atoms with E-state index in [4.69, 9.17) is 0 Å². The summed E-state index contributed by atoms with van der Waals surface area (Å²) >= 11 is 1.51. The fourth-order valence-corrected chi connectivity index (χ4v) is 4.44. The first-order valence-electron chi connectivity index (χ1n) is 7.88. The second-order valence-electron chi connectivity index (χ2n) is 6.43. The average molecular weight is 304 g/mol. The van der Waals surface area contributed by atoms with Gasteiger partial charge < -0.3 is 9.80 Å². The van der Waals surface area contributed by atoms with Gasteiger partial charge in [-0.1, -0.05) is 6.07 Å². The molecule has 2 amide bonds. The lowest BCUT2D eigenvalue weighted by atomic mass is 9.96. The molecule has 2 atom stereocenters. The number of amides is 2. The van der Waals surface area contributed by atoms with Crippen molar-refractivity contribution in [3.05, 3.63) is 22.4 Å². The van der Waals surface area contributed by atoms with Gasteiger partial charge in [0.15, 0.2) is 0 Å². The molecule has 0 spiro atoms. The van der Waals surface area contributed by atoms with Crippen LogP contribution in [0.25, 0.3) is 0 Å². The molecule has 4 rings (SSSR count). The monoisotopic (exact) mass is 304 g/mol. The molecule has 3 aliphatic rings. The minimum Gasteiger partial charge on any atom is -0.337 e. The Morgan fingerprint density at radius 2 is 2.10 bits per heavy atom. The van der Waals surface area contributed by atoms with Gasteiger partial charge in [0, 0.05) is 19.5 Å². The molecule has 4 nitrogen and oxygen atoms in total. The van der Waals surface area contributed by atoms with Gasteiger partial charge in [0.2, 0.25) is 5.91 Å². The Bertz CT molecular complexity index is 553. The van der Waals surface area contributed by atoms with Crippen molar-refractivity contribution in [1.29, 1.82) is 0 Å². The maximum atomic E-state index is 12.6. The largest absolute Gasteiger partial charge is 0.337 e. The number of hydrogen-bond donors (Lipinski definition) is 0. The highest BCUT2D eigenvalue weighted by Crippen LogP contribution is 2.37. The topological polar surface area (TPSA) is 40.6 Å². The molecular weight excluding hydrogens is 284 g/mol. The fraction of sp³-hybridized carbons (Fsp3) is 0.625. The van der Waals surface area contributed by atoms with E-state index >= 15 is 0 Å². The van der Waals surface area contributed by atoms with E-state index in [0.29, 0.717) is 12.3 Å². The molecule has 0 N–H and O–H groups in total. The van der Waals surface area contributed by atoms with Crippen molar-refractivity contribution in [3.8, 4) is 0 Å². The number of carbonyl (C=O) groups excluding carboxylic acids is 2. The SMILES string of the molecule is O=C1CC[C@@H]2[C@@H](CCN2C(=O)c2cccs2)N1CC1CC1. The van der Waals surface area contributed by atoms with E-state index in [1.54, 1.807) is 0 Å². The van der Waals surface area contributed by atoms with Crippen LogP contribution >= 0.6 is 11.3 Å². The van der Waals surface area contributed by atoms with Gasteiger partial charge in [-0.2, -0.15) is 0 Å².